The molecule has 0 saturated heterocycles. The van der Waals surface area contributed by atoms with E-state index >= 15 is 0 Å². The Bertz CT molecular complexity index is 458. The van der Waals surface area contributed by atoms with Crippen molar-refractivity contribution in [2.75, 3.05) is 5.32 Å². The first-order chi connectivity index (χ1) is 7.25. The van der Waals surface area contributed by atoms with Crippen LogP contribution in [0.1, 0.15) is 4.88 Å². The molecule has 15 heavy (non-hydrogen) atoms. The summed E-state index contributed by atoms with van der Waals surface area (Å²) in [5.41, 5.74) is 0. The van der Waals surface area contributed by atoms with Gasteiger partial charge in [-0.3, -0.25) is 0 Å². The molecule has 2 rings (SSSR count). The molecule has 0 bridgehead atoms. The van der Waals surface area contributed by atoms with E-state index in [0.29, 0.717) is 17.4 Å². The van der Waals surface area contributed by atoms with Crippen LogP contribution in [0.4, 0.5) is 5.82 Å². The monoisotopic (exact) mass is 259 g/mol. The van der Waals surface area contributed by atoms with Gasteiger partial charge in [0.05, 0.1) is 17.1 Å². The summed E-state index contributed by atoms with van der Waals surface area (Å²) >= 11 is 13.2. The van der Waals surface area contributed by atoms with E-state index < -0.39 is 0 Å². The van der Waals surface area contributed by atoms with Gasteiger partial charge in [-0.25, -0.2) is 9.97 Å². The molecule has 0 aromatic carbocycles. The molecule has 2 aromatic heterocycles. The van der Waals surface area contributed by atoms with Crippen molar-refractivity contribution in [2.45, 2.75) is 6.54 Å². The predicted molar refractivity (Wildman–Crippen MR) is 63.7 cm³/mol. The van der Waals surface area contributed by atoms with Gasteiger partial charge in [0.2, 0.25) is 0 Å². The molecule has 0 amide bonds. The van der Waals surface area contributed by atoms with Gasteiger partial charge < -0.3 is 5.32 Å². The number of nitrogens with zero attached hydrogens (tertiary/aromatic N) is 2. The fraction of sp³-hybridized carbons (Fsp3) is 0.111. The lowest BCUT2D eigenvalue weighted by molar-refractivity contribution is 1.10. The van der Waals surface area contributed by atoms with Gasteiger partial charge in [0.25, 0.3) is 0 Å². The largest absolute Gasteiger partial charge is 0.364 e. The summed E-state index contributed by atoms with van der Waals surface area (Å²) in [4.78, 5) is 8.95. The third-order valence-corrected chi connectivity index (χ3v) is 3.23. The Labute approximate surface area is 101 Å². The van der Waals surface area contributed by atoms with E-state index in [1.165, 1.54) is 17.7 Å². The van der Waals surface area contributed by atoms with Crippen molar-refractivity contribution in [1.82, 2.24) is 9.97 Å². The minimum atomic E-state index is 0.514. The molecule has 0 aliphatic rings. The Balaban J connectivity index is 2.02. The molecular formula is C9H7Cl2N3S. The summed E-state index contributed by atoms with van der Waals surface area (Å²) in [6.07, 6.45) is 3.01. The van der Waals surface area contributed by atoms with Gasteiger partial charge in [0, 0.05) is 4.88 Å². The van der Waals surface area contributed by atoms with Crippen LogP contribution in [0.15, 0.2) is 24.7 Å². The quantitative estimate of drug-likeness (QED) is 0.918. The lowest BCUT2D eigenvalue weighted by Gasteiger charge is -2.04. The zero-order valence-corrected chi connectivity index (χ0v) is 9.90. The lowest BCUT2D eigenvalue weighted by Crippen LogP contribution is -2.00. The first-order valence-corrected chi connectivity index (χ1v) is 5.76. The number of aromatic nitrogens is 2. The van der Waals surface area contributed by atoms with Crippen LogP contribution in [0.5, 0.6) is 0 Å². The van der Waals surface area contributed by atoms with E-state index in [0.717, 1.165) is 9.21 Å². The summed E-state index contributed by atoms with van der Waals surface area (Å²) in [5.74, 6) is 0.635. The van der Waals surface area contributed by atoms with Crippen LogP contribution in [0.3, 0.4) is 0 Å². The Morgan fingerprint density at radius 3 is 2.87 bits per heavy atom. The first kappa shape index (κ1) is 10.7. The van der Waals surface area contributed by atoms with E-state index in [1.54, 1.807) is 6.20 Å². The molecule has 0 radical (unpaired) electrons. The lowest BCUT2D eigenvalue weighted by atomic mass is 10.4. The first-order valence-electron chi connectivity index (χ1n) is 4.19. The molecule has 6 heteroatoms. The van der Waals surface area contributed by atoms with Gasteiger partial charge in [-0.15, -0.1) is 11.3 Å². The molecule has 0 fully saturated rings. The molecule has 78 valence electrons. The van der Waals surface area contributed by atoms with Gasteiger partial charge in [-0.05, 0) is 12.1 Å². The Kier molecular flexibility index (Phi) is 3.41. The normalized spacial score (nSPS) is 10.3. The van der Waals surface area contributed by atoms with Crippen LogP contribution in [-0.2, 0) is 6.54 Å². The molecule has 0 saturated carbocycles. The predicted octanol–water partition coefficient (Wildman–Crippen LogP) is 3.46. The molecule has 3 nitrogen and oxygen atoms in total. The molecule has 0 spiro atoms. The highest BCUT2D eigenvalue weighted by Crippen LogP contribution is 2.23. The maximum atomic E-state index is 5.89. The van der Waals surface area contributed by atoms with E-state index in [2.05, 4.69) is 15.3 Å². The summed E-state index contributed by atoms with van der Waals surface area (Å²) in [7, 11) is 0. The highest BCUT2D eigenvalue weighted by molar-refractivity contribution is 7.16. The second kappa shape index (κ2) is 4.79. The maximum absolute atomic E-state index is 5.89. The van der Waals surface area contributed by atoms with Gasteiger partial charge >= 0.3 is 0 Å². The van der Waals surface area contributed by atoms with Crippen molar-refractivity contribution in [3.8, 4) is 0 Å². The summed E-state index contributed by atoms with van der Waals surface area (Å²) in [5, 5.41) is 3.63. The standard InChI is InChI=1S/C9H7Cl2N3S/c10-7-4-12-5-14-9(7)13-3-6-1-2-8(11)15-6/h1-2,4-5H,3H2,(H,12,13,14). The second-order valence-corrected chi connectivity index (χ2v) is 4.99. The van der Waals surface area contributed by atoms with E-state index in [4.69, 9.17) is 23.2 Å². The maximum Gasteiger partial charge on any atom is 0.148 e. The van der Waals surface area contributed by atoms with Crippen LogP contribution < -0.4 is 5.32 Å². The Hall–Kier alpha value is -0.840. The van der Waals surface area contributed by atoms with E-state index in [1.807, 2.05) is 12.1 Å². The summed E-state index contributed by atoms with van der Waals surface area (Å²) in [6, 6.07) is 3.83. The van der Waals surface area contributed by atoms with Crippen LogP contribution in [0, 0.1) is 0 Å². The number of nitrogens with one attached hydrogen (secondary N) is 1. The summed E-state index contributed by atoms with van der Waals surface area (Å²) < 4.78 is 0.778. The molecule has 0 unspecified atom stereocenters. The van der Waals surface area contributed by atoms with E-state index in [9.17, 15) is 0 Å². The molecule has 1 N–H and O–H groups in total. The highest BCUT2D eigenvalue weighted by atomic mass is 35.5. The molecule has 0 aliphatic carbocycles. The minimum absolute atomic E-state index is 0.514. The topological polar surface area (TPSA) is 37.8 Å². The van der Waals surface area contributed by atoms with Crippen molar-refractivity contribution in [2.24, 2.45) is 0 Å². The van der Waals surface area contributed by atoms with Crippen molar-refractivity contribution < 1.29 is 0 Å². The van der Waals surface area contributed by atoms with Crippen LogP contribution >= 0.6 is 34.5 Å². The van der Waals surface area contributed by atoms with Gasteiger partial charge in [0.1, 0.15) is 17.2 Å². The second-order valence-electron chi connectivity index (χ2n) is 2.78. The fourth-order valence-electron chi connectivity index (χ4n) is 1.06. The molecular weight excluding hydrogens is 253 g/mol. The zero-order valence-electron chi connectivity index (χ0n) is 7.58. The average Bonchev–Trinajstić information content (AvgIpc) is 2.63. The minimum Gasteiger partial charge on any atom is -0.364 e. The van der Waals surface area contributed by atoms with Crippen LogP contribution in [0.25, 0.3) is 0 Å². The third-order valence-electron chi connectivity index (χ3n) is 1.73. The number of anilines is 1. The van der Waals surface area contributed by atoms with Crippen molar-refractivity contribution >= 4 is 40.4 Å². The number of thiophene rings is 1. The van der Waals surface area contributed by atoms with Crippen molar-refractivity contribution in [3.05, 3.63) is 38.9 Å². The van der Waals surface area contributed by atoms with Gasteiger partial charge in [0.15, 0.2) is 0 Å². The Morgan fingerprint density at radius 2 is 2.20 bits per heavy atom. The fourth-order valence-corrected chi connectivity index (χ4v) is 2.26. The van der Waals surface area contributed by atoms with Crippen LogP contribution in [-0.4, -0.2) is 9.97 Å². The van der Waals surface area contributed by atoms with Crippen molar-refractivity contribution in [3.63, 3.8) is 0 Å². The highest BCUT2D eigenvalue weighted by Gasteiger charge is 2.02. The van der Waals surface area contributed by atoms with Gasteiger partial charge in [-0.1, -0.05) is 23.2 Å². The Morgan fingerprint density at radius 1 is 1.33 bits per heavy atom. The average molecular weight is 260 g/mol. The molecule has 0 atom stereocenters. The number of hydrogen-bond acceptors (Lipinski definition) is 4. The number of rotatable bonds is 3. The van der Waals surface area contributed by atoms with E-state index in [-0.39, 0.29) is 0 Å². The molecule has 2 aromatic rings. The number of halogens is 2. The molecule has 0 aliphatic heterocycles. The smallest absolute Gasteiger partial charge is 0.148 e. The SMILES string of the molecule is Clc1ccc(CNc2ncncc2Cl)s1. The third kappa shape index (κ3) is 2.81. The van der Waals surface area contributed by atoms with Crippen molar-refractivity contribution in [1.29, 1.82) is 0 Å². The number of hydrogen-bond donors (Lipinski definition) is 1. The summed E-state index contributed by atoms with van der Waals surface area (Å²) in [6.45, 7) is 0.661. The van der Waals surface area contributed by atoms with Gasteiger partial charge in [-0.2, -0.15) is 0 Å². The zero-order chi connectivity index (χ0) is 10.7. The molecule has 2 heterocycles. The van der Waals surface area contributed by atoms with Crippen LogP contribution in [0.2, 0.25) is 9.36 Å².